The molecule has 0 amide bonds. The SMILES string of the molecule is CCn1c(SCC(=O)c2cc(C)ccc2C)nc2sc3c(c2c1=O)CCCC3. The van der Waals surface area contributed by atoms with Crippen LogP contribution in [0.5, 0.6) is 0 Å². The molecule has 2 heterocycles. The van der Waals surface area contributed by atoms with Gasteiger partial charge in [-0.15, -0.1) is 11.3 Å². The van der Waals surface area contributed by atoms with E-state index in [0.29, 0.717) is 11.7 Å². The second kappa shape index (κ2) is 7.84. The van der Waals surface area contributed by atoms with Gasteiger partial charge in [-0.2, -0.15) is 0 Å². The predicted molar refractivity (Wildman–Crippen MR) is 117 cm³/mol. The molecule has 0 spiro atoms. The monoisotopic (exact) mass is 412 g/mol. The van der Waals surface area contributed by atoms with Gasteiger partial charge in [-0.05, 0) is 63.6 Å². The van der Waals surface area contributed by atoms with Crippen molar-refractivity contribution < 1.29 is 4.79 Å². The van der Waals surface area contributed by atoms with E-state index in [2.05, 4.69) is 0 Å². The smallest absolute Gasteiger partial charge is 0.263 e. The zero-order chi connectivity index (χ0) is 19.8. The van der Waals surface area contributed by atoms with Gasteiger partial charge in [0, 0.05) is 17.0 Å². The van der Waals surface area contributed by atoms with E-state index in [1.807, 2.05) is 39.0 Å². The number of thioether (sulfide) groups is 1. The Hall–Kier alpha value is -1.92. The van der Waals surface area contributed by atoms with Crippen LogP contribution in [0.25, 0.3) is 10.2 Å². The Bertz CT molecular complexity index is 1130. The van der Waals surface area contributed by atoms with Crippen molar-refractivity contribution in [1.82, 2.24) is 9.55 Å². The lowest BCUT2D eigenvalue weighted by Crippen LogP contribution is -2.23. The molecular weight excluding hydrogens is 388 g/mol. The predicted octanol–water partition coefficient (Wildman–Crippen LogP) is 4.95. The molecule has 0 bridgehead atoms. The van der Waals surface area contributed by atoms with Crippen LogP contribution in [0.4, 0.5) is 0 Å². The van der Waals surface area contributed by atoms with Crippen LogP contribution >= 0.6 is 23.1 Å². The second-order valence-electron chi connectivity index (χ2n) is 7.37. The summed E-state index contributed by atoms with van der Waals surface area (Å²) in [4.78, 5) is 32.9. The molecule has 0 atom stereocenters. The maximum atomic E-state index is 13.2. The first kappa shape index (κ1) is 19.4. The van der Waals surface area contributed by atoms with E-state index in [9.17, 15) is 9.59 Å². The van der Waals surface area contributed by atoms with E-state index in [4.69, 9.17) is 4.98 Å². The van der Waals surface area contributed by atoms with Gasteiger partial charge in [-0.1, -0.05) is 29.5 Å². The maximum Gasteiger partial charge on any atom is 0.263 e. The number of benzene rings is 1. The summed E-state index contributed by atoms with van der Waals surface area (Å²) in [5, 5.41) is 1.46. The summed E-state index contributed by atoms with van der Waals surface area (Å²) in [6, 6.07) is 5.94. The molecule has 0 saturated carbocycles. The van der Waals surface area contributed by atoms with Crippen LogP contribution < -0.4 is 5.56 Å². The Balaban J connectivity index is 1.68. The average molecular weight is 413 g/mol. The normalized spacial score (nSPS) is 13.7. The summed E-state index contributed by atoms with van der Waals surface area (Å²) in [6.45, 7) is 6.47. The molecule has 0 aliphatic heterocycles. The number of Topliss-reactive ketones (excluding diaryl/α,β-unsaturated/α-hetero) is 1. The first-order valence-corrected chi connectivity index (χ1v) is 11.6. The number of aryl methyl sites for hydroxylation is 4. The van der Waals surface area contributed by atoms with Crippen LogP contribution in [0, 0.1) is 13.8 Å². The van der Waals surface area contributed by atoms with Crippen LogP contribution in [0.15, 0.2) is 28.2 Å². The Morgan fingerprint density at radius 1 is 1.25 bits per heavy atom. The number of carbonyl (C=O) groups is 1. The van der Waals surface area contributed by atoms with E-state index in [1.165, 1.54) is 28.6 Å². The fourth-order valence-electron chi connectivity index (χ4n) is 3.85. The first-order chi connectivity index (χ1) is 13.5. The maximum absolute atomic E-state index is 13.2. The molecule has 4 nitrogen and oxygen atoms in total. The highest BCUT2D eigenvalue weighted by atomic mass is 32.2. The van der Waals surface area contributed by atoms with Crippen molar-refractivity contribution in [2.75, 3.05) is 5.75 Å². The minimum absolute atomic E-state index is 0.0496. The van der Waals surface area contributed by atoms with Crippen molar-refractivity contribution in [1.29, 1.82) is 0 Å². The zero-order valence-corrected chi connectivity index (χ0v) is 18.1. The summed E-state index contributed by atoms with van der Waals surface area (Å²) in [5.74, 6) is 0.363. The van der Waals surface area contributed by atoms with Crippen LogP contribution in [0.3, 0.4) is 0 Å². The van der Waals surface area contributed by atoms with Gasteiger partial charge < -0.3 is 0 Å². The van der Waals surface area contributed by atoms with Gasteiger partial charge in [0.05, 0.1) is 11.1 Å². The van der Waals surface area contributed by atoms with Crippen molar-refractivity contribution >= 4 is 39.1 Å². The lowest BCUT2D eigenvalue weighted by molar-refractivity contribution is 0.102. The molecule has 1 aromatic carbocycles. The van der Waals surface area contributed by atoms with Gasteiger partial charge in [-0.25, -0.2) is 4.98 Å². The molecule has 0 unspecified atom stereocenters. The lowest BCUT2D eigenvalue weighted by atomic mass is 9.97. The molecule has 0 saturated heterocycles. The fourth-order valence-corrected chi connectivity index (χ4v) is 6.10. The number of ketones is 1. The van der Waals surface area contributed by atoms with E-state index >= 15 is 0 Å². The molecule has 1 aliphatic rings. The second-order valence-corrected chi connectivity index (χ2v) is 9.39. The van der Waals surface area contributed by atoms with Crippen molar-refractivity contribution in [2.45, 2.75) is 58.2 Å². The van der Waals surface area contributed by atoms with Crippen molar-refractivity contribution in [2.24, 2.45) is 0 Å². The van der Waals surface area contributed by atoms with Gasteiger partial charge in [0.25, 0.3) is 5.56 Å². The van der Waals surface area contributed by atoms with E-state index in [1.54, 1.807) is 15.9 Å². The zero-order valence-electron chi connectivity index (χ0n) is 16.5. The lowest BCUT2D eigenvalue weighted by Gasteiger charge is -2.12. The topological polar surface area (TPSA) is 52.0 Å². The minimum atomic E-state index is 0.0496. The average Bonchev–Trinajstić information content (AvgIpc) is 3.06. The number of thiophene rings is 1. The molecule has 2 aromatic heterocycles. The number of fused-ring (bicyclic) bond motifs is 3. The van der Waals surface area contributed by atoms with Gasteiger partial charge in [0.2, 0.25) is 0 Å². The van der Waals surface area contributed by atoms with Crippen molar-refractivity contribution in [3.63, 3.8) is 0 Å². The summed E-state index contributed by atoms with van der Waals surface area (Å²) < 4.78 is 1.73. The van der Waals surface area contributed by atoms with Crippen LogP contribution in [-0.2, 0) is 19.4 Å². The van der Waals surface area contributed by atoms with Crippen molar-refractivity contribution in [3.05, 3.63) is 55.7 Å². The fraction of sp³-hybridized carbons (Fsp3) is 0.409. The van der Waals surface area contributed by atoms with E-state index < -0.39 is 0 Å². The third-order valence-corrected chi connectivity index (χ3v) is 7.54. The Morgan fingerprint density at radius 3 is 2.82 bits per heavy atom. The molecule has 0 N–H and O–H groups in total. The minimum Gasteiger partial charge on any atom is -0.293 e. The summed E-state index contributed by atoms with van der Waals surface area (Å²) in [5.41, 5.74) is 4.08. The largest absolute Gasteiger partial charge is 0.293 e. The number of rotatable bonds is 5. The quantitative estimate of drug-likeness (QED) is 0.338. The van der Waals surface area contributed by atoms with Gasteiger partial charge >= 0.3 is 0 Å². The van der Waals surface area contributed by atoms with E-state index in [-0.39, 0.29) is 17.1 Å². The number of aromatic nitrogens is 2. The number of hydrogen-bond acceptors (Lipinski definition) is 5. The van der Waals surface area contributed by atoms with Gasteiger partial charge in [0.1, 0.15) is 4.83 Å². The summed E-state index contributed by atoms with van der Waals surface area (Å²) in [7, 11) is 0. The van der Waals surface area contributed by atoms with E-state index in [0.717, 1.165) is 46.2 Å². The summed E-state index contributed by atoms with van der Waals surface area (Å²) >= 11 is 3.03. The molecule has 0 radical (unpaired) electrons. The molecule has 0 fully saturated rings. The standard InChI is InChI=1S/C22H24N2O2S2/c1-4-24-21(26)19-15-7-5-6-8-18(15)28-20(19)23-22(24)27-12-17(25)16-11-13(2)9-10-14(16)3/h9-11H,4-8,12H2,1-3H3. The Kier molecular flexibility index (Phi) is 5.43. The molecular formula is C22H24N2O2S2. The van der Waals surface area contributed by atoms with Crippen LogP contribution in [0.2, 0.25) is 0 Å². The highest BCUT2D eigenvalue weighted by molar-refractivity contribution is 7.99. The van der Waals surface area contributed by atoms with Crippen LogP contribution in [0.1, 0.15) is 51.7 Å². The number of hydrogen-bond donors (Lipinski definition) is 0. The third-order valence-electron chi connectivity index (χ3n) is 5.38. The first-order valence-electron chi connectivity index (χ1n) is 9.78. The summed E-state index contributed by atoms with van der Waals surface area (Å²) in [6.07, 6.45) is 4.36. The Morgan fingerprint density at radius 2 is 2.04 bits per heavy atom. The molecule has 6 heteroatoms. The molecule has 3 aromatic rings. The molecule has 1 aliphatic carbocycles. The molecule has 146 valence electrons. The number of nitrogens with zero attached hydrogens (tertiary/aromatic N) is 2. The Labute approximate surface area is 173 Å². The molecule has 28 heavy (non-hydrogen) atoms. The van der Waals surface area contributed by atoms with Gasteiger partial charge in [-0.3, -0.25) is 14.2 Å². The third kappa shape index (κ3) is 3.44. The van der Waals surface area contributed by atoms with Gasteiger partial charge in [0.15, 0.2) is 10.9 Å². The highest BCUT2D eigenvalue weighted by Gasteiger charge is 2.22. The highest BCUT2D eigenvalue weighted by Crippen LogP contribution is 2.34. The molecule has 4 rings (SSSR count). The van der Waals surface area contributed by atoms with Crippen molar-refractivity contribution in [3.8, 4) is 0 Å². The van der Waals surface area contributed by atoms with Crippen LogP contribution in [-0.4, -0.2) is 21.1 Å². The number of carbonyl (C=O) groups excluding carboxylic acids is 1.